The minimum atomic E-state index is -0.543. The number of ether oxygens (including phenoxy) is 1. The van der Waals surface area contributed by atoms with Gasteiger partial charge in [-0.15, -0.1) is 10.2 Å². The Morgan fingerprint density at radius 1 is 1.40 bits per heavy atom. The SMILES string of the molecule is Cc1nnc(COC(=O)Cn2cc(N)ccc2=O)n1C. The van der Waals surface area contributed by atoms with Crippen LogP contribution in [0.4, 0.5) is 5.69 Å². The molecule has 2 heterocycles. The molecule has 0 spiro atoms. The van der Waals surface area contributed by atoms with Crippen molar-refractivity contribution in [3.63, 3.8) is 0 Å². The van der Waals surface area contributed by atoms with Crippen LogP contribution < -0.4 is 11.3 Å². The minimum absolute atomic E-state index is 0.00718. The standard InChI is InChI=1S/C12H15N5O3/c1-8-14-15-10(16(8)2)7-20-12(19)6-17-5-9(13)3-4-11(17)18/h3-5H,6-7,13H2,1-2H3. The fourth-order valence-electron chi connectivity index (χ4n) is 1.58. The highest BCUT2D eigenvalue weighted by atomic mass is 16.5. The first-order chi connectivity index (χ1) is 9.47. The molecule has 2 aromatic heterocycles. The molecule has 0 unspecified atom stereocenters. The van der Waals surface area contributed by atoms with E-state index in [1.165, 1.54) is 22.9 Å². The van der Waals surface area contributed by atoms with Crippen LogP contribution in [0.1, 0.15) is 11.6 Å². The molecule has 2 N–H and O–H groups in total. The van der Waals surface area contributed by atoms with Crippen LogP contribution >= 0.6 is 0 Å². The molecular formula is C12H15N5O3. The molecule has 106 valence electrons. The number of nitrogen functional groups attached to an aromatic ring is 1. The Morgan fingerprint density at radius 2 is 2.15 bits per heavy atom. The van der Waals surface area contributed by atoms with Crippen LogP contribution in [-0.2, 0) is 29.7 Å². The Hall–Kier alpha value is -2.64. The molecule has 0 amide bonds. The highest BCUT2D eigenvalue weighted by Crippen LogP contribution is 2.01. The van der Waals surface area contributed by atoms with E-state index < -0.39 is 5.97 Å². The van der Waals surface area contributed by atoms with E-state index in [1.807, 2.05) is 0 Å². The third kappa shape index (κ3) is 3.02. The van der Waals surface area contributed by atoms with Crippen molar-refractivity contribution in [3.05, 3.63) is 40.3 Å². The molecule has 0 radical (unpaired) electrons. The fraction of sp³-hybridized carbons (Fsp3) is 0.333. The first-order valence-electron chi connectivity index (χ1n) is 5.94. The minimum Gasteiger partial charge on any atom is -0.456 e. The van der Waals surface area contributed by atoms with Crippen molar-refractivity contribution in [2.24, 2.45) is 7.05 Å². The summed E-state index contributed by atoms with van der Waals surface area (Å²) in [5.41, 5.74) is 5.65. The van der Waals surface area contributed by atoms with Gasteiger partial charge in [0, 0.05) is 25.0 Å². The highest BCUT2D eigenvalue weighted by Gasteiger charge is 2.10. The van der Waals surface area contributed by atoms with Crippen LogP contribution in [0.5, 0.6) is 0 Å². The van der Waals surface area contributed by atoms with Gasteiger partial charge < -0.3 is 19.6 Å². The summed E-state index contributed by atoms with van der Waals surface area (Å²) in [6, 6.07) is 2.78. The number of hydrogen-bond acceptors (Lipinski definition) is 6. The number of esters is 1. The van der Waals surface area contributed by atoms with Crippen molar-refractivity contribution in [3.8, 4) is 0 Å². The largest absolute Gasteiger partial charge is 0.456 e. The van der Waals surface area contributed by atoms with E-state index in [2.05, 4.69) is 10.2 Å². The zero-order valence-electron chi connectivity index (χ0n) is 11.2. The molecule has 0 aliphatic rings. The molecule has 0 bridgehead atoms. The molecule has 2 rings (SSSR count). The maximum Gasteiger partial charge on any atom is 0.326 e. The van der Waals surface area contributed by atoms with Gasteiger partial charge in [-0.2, -0.15) is 0 Å². The number of pyridine rings is 1. The second kappa shape index (κ2) is 5.55. The van der Waals surface area contributed by atoms with Gasteiger partial charge in [0.2, 0.25) is 0 Å². The Labute approximate surface area is 114 Å². The molecule has 0 atom stereocenters. The fourth-order valence-corrected chi connectivity index (χ4v) is 1.58. The zero-order valence-corrected chi connectivity index (χ0v) is 11.2. The number of rotatable bonds is 4. The summed E-state index contributed by atoms with van der Waals surface area (Å²) in [5.74, 6) is 0.720. The number of carbonyl (C=O) groups excluding carboxylic acids is 1. The van der Waals surface area contributed by atoms with Crippen LogP contribution in [-0.4, -0.2) is 25.3 Å². The summed E-state index contributed by atoms with van der Waals surface area (Å²) >= 11 is 0. The van der Waals surface area contributed by atoms with Crippen LogP contribution in [0.2, 0.25) is 0 Å². The lowest BCUT2D eigenvalue weighted by atomic mass is 10.4. The maximum absolute atomic E-state index is 11.7. The van der Waals surface area contributed by atoms with E-state index in [1.54, 1.807) is 18.5 Å². The van der Waals surface area contributed by atoms with Crippen molar-refractivity contribution in [1.29, 1.82) is 0 Å². The molecule has 0 aliphatic carbocycles. The maximum atomic E-state index is 11.7. The smallest absolute Gasteiger partial charge is 0.326 e. The van der Waals surface area contributed by atoms with Gasteiger partial charge in [-0.25, -0.2) is 0 Å². The van der Waals surface area contributed by atoms with E-state index >= 15 is 0 Å². The normalized spacial score (nSPS) is 10.5. The topological polar surface area (TPSA) is 105 Å². The molecule has 2 aromatic rings. The van der Waals surface area contributed by atoms with E-state index in [4.69, 9.17) is 10.5 Å². The van der Waals surface area contributed by atoms with Crippen molar-refractivity contribution < 1.29 is 9.53 Å². The third-order valence-electron chi connectivity index (χ3n) is 2.85. The van der Waals surface area contributed by atoms with Crippen LogP contribution in [0.3, 0.4) is 0 Å². The number of nitrogens with two attached hydrogens (primary N) is 1. The van der Waals surface area contributed by atoms with E-state index in [0.29, 0.717) is 11.5 Å². The van der Waals surface area contributed by atoms with Crippen LogP contribution in [0.25, 0.3) is 0 Å². The Balaban J connectivity index is 1.98. The van der Waals surface area contributed by atoms with Gasteiger partial charge in [-0.1, -0.05) is 0 Å². The Kier molecular flexibility index (Phi) is 3.83. The van der Waals surface area contributed by atoms with Gasteiger partial charge in [0.1, 0.15) is 12.4 Å². The predicted octanol–water partition coefficient (Wildman–Crippen LogP) is -0.389. The molecule has 0 saturated heterocycles. The second-order valence-corrected chi connectivity index (χ2v) is 4.31. The van der Waals surface area contributed by atoms with E-state index in [0.717, 1.165) is 5.82 Å². The van der Waals surface area contributed by atoms with E-state index in [9.17, 15) is 9.59 Å². The van der Waals surface area contributed by atoms with Gasteiger partial charge in [-0.3, -0.25) is 9.59 Å². The van der Waals surface area contributed by atoms with Crippen molar-refractivity contribution in [2.45, 2.75) is 20.1 Å². The zero-order chi connectivity index (χ0) is 14.7. The third-order valence-corrected chi connectivity index (χ3v) is 2.85. The van der Waals surface area contributed by atoms with Crippen LogP contribution in [0, 0.1) is 6.92 Å². The predicted molar refractivity (Wildman–Crippen MR) is 70.7 cm³/mol. The molecule has 0 aliphatic heterocycles. The lowest BCUT2D eigenvalue weighted by Crippen LogP contribution is -2.24. The first kappa shape index (κ1) is 13.8. The van der Waals surface area contributed by atoms with Crippen molar-refractivity contribution >= 4 is 11.7 Å². The summed E-state index contributed by atoms with van der Waals surface area (Å²) in [6.07, 6.45) is 1.40. The summed E-state index contributed by atoms with van der Waals surface area (Å²) in [6.45, 7) is 1.61. The lowest BCUT2D eigenvalue weighted by Gasteiger charge is -2.07. The summed E-state index contributed by atoms with van der Waals surface area (Å²) in [4.78, 5) is 23.2. The van der Waals surface area contributed by atoms with Gasteiger partial charge >= 0.3 is 5.97 Å². The first-order valence-corrected chi connectivity index (χ1v) is 5.94. The van der Waals surface area contributed by atoms with Gasteiger partial charge in [0.15, 0.2) is 12.4 Å². The number of aryl methyl sites for hydroxylation is 1. The Morgan fingerprint density at radius 3 is 2.80 bits per heavy atom. The average Bonchev–Trinajstić information content (AvgIpc) is 2.72. The number of nitrogens with zero attached hydrogens (tertiary/aromatic N) is 4. The average molecular weight is 277 g/mol. The number of aromatic nitrogens is 4. The van der Waals surface area contributed by atoms with Crippen LogP contribution in [0.15, 0.2) is 23.1 Å². The molecule has 20 heavy (non-hydrogen) atoms. The quantitative estimate of drug-likeness (QED) is 0.763. The van der Waals surface area contributed by atoms with Gasteiger partial charge in [-0.05, 0) is 13.0 Å². The van der Waals surface area contributed by atoms with Gasteiger partial charge in [0.05, 0.1) is 0 Å². The molecular weight excluding hydrogens is 262 g/mol. The highest BCUT2D eigenvalue weighted by molar-refractivity contribution is 5.69. The molecule has 0 saturated carbocycles. The molecule has 0 fully saturated rings. The number of carbonyl (C=O) groups is 1. The monoisotopic (exact) mass is 277 g/mol. The summed E-state index contributed by atoms with van der Waals surface area (Å²) in [5, 5.41) is 7.73. The lowest BCUT2D eigenvalue weighted by molar-refractivity contribution is -0.146. The van der Waals surface area contributed by atoms with Crippen molar-refractivity contribution in [2.75, 3.05) is 5.73 Å². The van der Waals surface area contributed by atoms with Crippen molar-refractivity contribution in [1.82, 2.24) is 19.3 Å². The van der Waals surface area contributed by atoms with E-state index in [-0.39, 0.29) is 18.7 Å². The molecule has 0 aromatic carbocycles. The number of hydrogen-bond donors (Lipinski definition) is 1. The number of anilines is 1. The summed E-state index contributed by atoms with van der Waals surface area (Å²) < 4.78 is 7.97. The summed E-state index contributed by atoms with van der Waals surface area (Å²) in [7, 11) is 1.78. The Bertz CT molecular complexity index is 689. The second-order valence-electron chi connectivity index (χ2n) is 4.31. The molecule has 8 nitrogen and oxygen atoms in total. The van der Waals surface area contributed by atoms with Gasteiger partial charge in [0.25, 0.3) is 5.56 Å². The molecule has 8 heteroatoms.